The number of hydrogen-bond donors (Lipinski definition) is 2. The minimum Gasteiger partial charge on any atom is -0.342 e. The van der Waals surface area contributed by atoms with Crippen LogP contribution in [0.2, 0.25) is 5.02 Å². The molecule has 12 heteroatoms. The second-order valence-corrected chi connectivity index (χ2v) is 14.4. The summed E-state index contributed by atoms with van der Waals surface area (Å²) in [4.78, 5) is 45.2. The van der Waals surface area contributed by atoms with Gasteiger partial charge in [-0.3, -0.25) is 14.4 Å². The van der Waals surface area contributed by atoms with E-state index in [1.165, 1.54) is 11.0 Å². The summed E-state index contributed by atoms with van der Waals surface area (Å²) in [6, 6.07) is 9.06. The molecule has 0 radical (unpaired) electrons. The van der Waals surface area contributed by atoms with Crippen LogP contribution >= 0.6 is 11.6 Å². The summed E-state index contributed by atoms with van der Waals surface area (Å²) >= 11 is 6.04. The molecule has 4 fully saturated rings. The number of fused-ring (bicyclic) bond motifs is 3. The monoisotopic (exact) mass is 615 g/mol. The van der Waals surface area contributed by atoms with E-state index in [2.05, 4.69) is 10.0 Å². The van der Waals surface area contributed by atoms with Gasteiger partial charge in [-0.2, -0.15) is 4.72 Å². The number of nitrogens with one attached hydrogen (secondary N) is 2. The fourth-order valence-corrected chi connectivity index (χ4v) is 8.51. The molecule has 42 heavy (non-hydrogen) atoms. The van der Waals surface area contributed by atoms with Crippen LogP contribution in [0.15, 0.2) is 41.3 Å². The molecule has 4 unspecified atom stereocenters. The second kappa shape index (κ2) is 12.1. The highest BCUT2D eigenvalue weighted by molar-refractivity contribution is 7.89. The van der Waals surface area contributed by atoms with Crippen LogP contribution in [0, 0.1) is 17.8 Å². The average Bonchev–Trinajstić information content (AvgIpc) is 2.98. The molecule has 4 atom stereocenters. The summed E-state index contributed by atoms with van der Waals surface area (Å²) in [7, 11) is -3.96. The summed E-state index contributed by atoms with van der Waals surface area (Å²) in [5.41, 5.74) is 0. The van der Waals surface area contributed by atoms with Gasteiger partial charge in [0.2, 0.25) is 27.7 Å². The van der Waals surface area contributed by atoms with E-state index in [1.807, 2.05) is 9.80 Å². The zero-order valence-electron chi connectivity index (χ0n) is 23.6. The number of likely N-dealkylation sites (tertiary alicyclic amines) is 3. The second-order valence-electron chi connectivity index (χ2n) is 12.3. The smallest absolute Gasteiger partial charge is 0.242 e. The first-order chi connectivity index (χ1) is 20.2. The van der Waals surface area contributed by atoms with E-state index in [1.54, 1.807) is 30.3 Å². The highest BCUT2D eigenvalue weighted by Crippen LogP contribution is 2.30. The van der Waals surface area contributed by atoms with Crippen LogP contribution in [-0.4, -0.2) is 99.2 Å². The lowest BCUT2D eigenvalue weighted by molar-refractivity contribution is -0.148. The number of rotatable bonds is 6. The maximum atomic E-state index is 13.4. The standard InChI is InChI=1S/C30H38ClN5O5S/c31-25-7-5-23-13-26(8-6-22(23)12-25)42(40,41)33-27-4-2-10-34(30(27)39)19-28(37)35-15-20-11-21(16-35)18-36(17-20)29(38)24-3-1-9-32-14-24/h5-8,12-13,20-21,24,27,32-33H,1-4,9-11,14-19H2. The van der Waals surface area contributed by atoms with Gasteiger partial charge >= 0.3 is 0 Å². The molecular weight excluding hydrogens is 578 g/mol. The zero-order valence-corrected chi connectivity index (χ0v) is 25.2. The quantitative estimate of drug-likeness (QED) is 0.514. The predicted molar refractivity (Wildman–Crippen MR) is 159 cm³/mol. The third kappa shape index (κ3) is 6.29. The Morgan fingerprint density at radius 3 is 2.40 bits per heavy atom. The van der Waals surface area contributed by atoms with E-state index >= 15 is 0 Å². The van der Waals surface area contributed by atoms with Gasteiger partial charge in [0, 0.05) is 44.3 Å². The molecule has 6 rings (SSSR count). The Morgan fingerprint density at radius 1 is 0.952 bits per heavy atom. The summed E-state index contributed by atoms with van der Waals surface area (Å²) < 4.78 is 29.0. The fourth-order valence-electron chi connectivity index (χ4n) is 7.07. The lowest BCUT2D eigenvalue weighted by Gasteiger charge is -2.47. The van der Waals surface area contributed by atoms with E-state index < -0.39 is 16.1 Å². The van der Waals surface area contributed by atoms with Crippen molar-refractivity contribution in [3.8, 4) is 0 Å². The summed E-state index contributed by atoms with van der Waals surface area (Å²) in [6.07, 6.45) is 3.93. The molecule has 4 saturated heterocycles. The highest BCUT2D eigenvalue weighted by atomic mass is 35.5. The highest BCUT2D eigenvalue weighted by Gasteiger charge is 2.40. The third-order valence-corrected chi connectivity index (χ3v) is 10.8. The van der Waals surface area contributed by atoms with Crippen LogP contribution in [-0.2, 0) is 24.4 Å². The first kappa shape index (κ1) is 29.3. The van der Waals surface area contributed by atoms with Gasteiger partial charge in [-0.25, -0.2) is 8.42 Å². The Labute approximate surface area is 251 Å². The average molecular weight is 616 g/mol. The van der Waals surface area contributed by atoms with Gasteiger partial charge in [0.25, 0.3) is 0 Å². The SMILES string of the molecule is O=C(CN1CCCC(NS(=O)(=O)c2ccc3cc(Cl)ccc3c2)C1=O)N1CC2CC(C1)CN(C(=O)C1CCCNC1)C2. The van der Waals surface area contributed by atoms with Gasteiger partial charge in [-0.05, 0) is 85.5 Å². The van der Waals surface area contributed by atoms with Gasteiger partial charge in [-0.1, -0.05) is 23.7 Å². The predicted octanol–water partition coefficient (Wildman–Crippen LogP) is 2.07. The number of amides is 3. The molecule has 10 nitrogen and oxygen atoms in total. The molecule has 2 bridgehead atoms. The van der Waals surface area contributed by atoms with Crippen LogP contribution in [0.1, 0.15) is 32.1 Å². The summed E-state index contributed by atoms with van der Waals surface area (Å²) in [5, 5.41) is 5.45. The normalized spacial score (nSPS) is 26.9. The number of hydrogen-bond acceptors (Lipinski definition) is 6. The molecule has 2 N–H and O–H groups in total. The molecule has 4 aliphatic heterocycles. The van der Waals surface area contributed by atoms with E-state index in [0.717, 1.165) is 43.1 Å². The molecule has 0 saturated carbocycles. The van der Waals surface area contributed by atoms with Crippen molar-refractivity contribution >= 4 is 50.1 Å². The van der Waals surface area contributed by atoms with Crippen molar-refractivity contribution in [2.45, 2.75) is 43.0 Å². The molecular formula is C30H38ClN5O5S. The Kier molecular flexibility index (Phi) is 8.46. The van der Waals surface area contributed by atoms with E-state index in [9.17, 15) is 22.8 Å². The Morgan fingerprint density at radius 2 is 1.67 bits per heavy atom. The minimum atomic E-state index is -3.96. The van der Waals surface area contributed by atoms with Crippen LogP contribution < -0.4 is 10.0 Å². The van der Waals surface area contributed by atoms with Crippen LogP contribution in [0.3, 0.4) is 0 Å². The van der Waals surface area contributed by atoms with Gasteiger partial charge in [0.15, 0.2) is 0 Å². The van der Waals surface area contributed by atoms with Gasteiger partial charge in [0.1, 0.15) is 6.04 Å². The van der Waals surface area contributed by atoms with Crippen molar-refractivity contribution in [1.29, 1.82) is 0 Å². The van der Waals surface area contributed by atoms with E-state index in [4.69, 9.17) is 11.6 Å². The lowest BCUT2D eigenvalue weighted by atomic mass is 9.83. The number of carbonyl (C=O) groups is 3. The van der Waals surface area contributed by atoms with Crippen molar-refractivity contribution in [3.63, 3.8) is 0 Å². The molecule has 226 valence electrons. The first-order valence-electron chi connectivity index (χ1n) is 14.9. The fraction of sp³-hybridized carbons (Fsp3) is 0.567. The van der Waals surface area contributed by atoms with Gasteiger partial charge in [-0.15, -0.1) is 0 Å². The van der Waals surface area contributed by atoms with Crippen molar-refractivity contribution in [2.24, 2.45) is 17.8 Å². The van der Waals surface area contributed by atoms with Crippen LogP contribution in [0.25, 0.3) is 10.8 Å². The Balaban J connectivity index is 1.05. The Hall–Kier alpha value is -2.73. The number of carbonyl (C=O) groups excluding carboxylic acids is 3. The number of piperidine rings is 4. The molecule has 0 aromatic heterocycles. The summed E-state index contributed by atoms with van der Waals surface area (Å²) in [5.74, 6) is 0.253. The number of sulfonamides is 1. The number of nitrogens with zero attached hydrogens (tertiary/aromatic N) is 3. The molecule has 3 amide bonds. The van der Waals surface area contributed by atoms with Crippen LogP contribution in [0.5, 0.6) is 0 Å². The zero-order chi connectivity index (χ0) is 29.4. The van der Waals surface area contributed by atoms with Crippen LogP contribution in [0.4, 0.5) is 0 Å². The molecule has 2 aromatic carbocycles. The number of benzene rings is 2. The number of halogens is 1. The van der Waals surface area contributed by atoms with E-state index in [0.29, 0.717) is 50.6 Å². The van der Waals surface area contributed by atoms with Gasteiger partial charge < -0.3 is 20.0 Å². The van der Waals surface area contributed by atoms with Crippen molar-refractivity contribution in [2.75, 3.05) is 52.4 Å². The largest absolute Gasteiger partial charge is 0.342 e. The van der Waals surface area contributed by atoms with Crippen molar-refractivity contribution < 1.29 is 22.8 Å². The molecule has 2 aromatic rings. The maximum absolute atomic E-state index is 13.4. The van der Waals surface area contributed by atoms with Crippen molar-refractivity contribution in [3.05, 3.63) is 41.4 Å². The van der Waals surface area contributed by atoms with Crippen molar-refractivity contribution in [1.82, 2.24) is 24.7 Å². The molecule has 4 heterocycles. The maximum Gasteiger partial charge on any atom is 0.242 e. The summed E-state index contributed by atoms with van der Waals surface area (Å²) in [6.45, 7) is 4.56. The van der Waals surface area contributed by atoms with Gasteiger partial charge in [0.05, 0.1) is 17.4 Å². The molecule has 4 aliphatic rings. The van der Waals surface area contributed by atoms with E-state index in [-0.39, 0.29) is 46.9 Å². The minimum absolute atomic E-state index is 0.0473. The third-order valence-electron chi connectivity index (χ3n) is 9.13. The lowest BCUT2D eigenvalue weighted by Crippen LogP contribution is -2.59. The topological polar surface area (TPSA) is 119 Å². The Bertz CT molecular complexity index is 1470. The molecule has 0 aliphatic carbocycles. The first-order valence-corrected chi connectivity index (χ1v) is 16.8. The molecule has 0 spiro atoms.